The zero-order chi connectivity index (χ0) is 17.2. The Labute approximate surface area is 138 Å². The first kappa shape index (κ1) is 15.8. The van der Waals surface area contributed by atoms with Crippen LogP contribution in [0.5, 0.6) is 0 Å². The van der Waals surface area contributed by atoms with E-state index >= 15 is 0 Å². The fourth-order valence-corrected chi connectivity index (χ4v) is 3.08. The number of aromatic nitrogens is 2. The number of anilines is 1. The van der Waals surface area contributed by atoms with Crippen LogP contribution in [0.15, 0.2) is 71.9 Å². The van der Waals surface area contributed by atoms with Crippen molar-refractivity contribution in [3.63, 3.8) is 0 Å². The molecule has 2 aromatic carbocycles. The van der Waals surface area contributed by atoms with Crippen molar-refractivity contribution in [2.75, 3.05) is 4.72 Å². The van der Waals surface area contributed by atoms with Crippen molar-refractivity contribution >= 4 is 21.7 Å². The van der Waals surface area contributed by atoms with Gasteiger partial charge in [0, 0.05) is 5.69 Å². The number of hydrogen-bond acceptors (Lipinski definition) is 4. The molecule has 3 rings (SSSR count). The largest absolute Gasteiger partial charge is 0.478 e. The van der Waals surface area contributed by atoms with Crippen molar-refractivity contribution in [3.8, 4) is 5.69 Å². The number of sulfonamides is 1. The summed E-state index contributed by atoms with van der Waals surface area (Å²) < 4.78 is 28.6. The number of aromatic carboxylic acids is 1. The summed E-state index contributed by atoms with van der Waals surface area (Å²) in [5.41, 5.74) is 0.893. The topological polar surface area (TPSA) is 101 Å². The number of para-hydroxylation sites is 1. The Morgan fingerprint density at radius 3 is 2.54 bits per heavy atom. The molecule has 0 bridgehead atoms. The van der Waals surface area contributed by atoms with Crippen molar-refractivity contribution in [2.24, 2.45) is 0 Å². The number of hydrogen-bond donors (Lipinski definition) is 2. The molecule has 0 spiro atoms. The number of benzene rings is 2. The van der Waals surface area contributed by atoms with Gasteiger partial charge in [0.25, 0.3) is 10.0 Å². The van der Waals surface area contributed by atoms with Crippen LogP contribution in [0.25, 0.3) is 5.69 Å². The number of nitrogens with one attached hydrogen (secondary N) is 1. The smallest absolute Gasteiger partial charge is 0.335 e. The molecule has 1 heterocycles. The van der Waals surface area contributed by atoms with E-state index in [1.165, 1.54) is 41.3 Å². The molecule has 0 saturated carbocycles. The fourth-order valence-electron chi connectivity index (χ4n) is 2.10. The normalized spacial score (nSPS) is 11.2. The number of carbonyl (C=O) groups is 1. The molecule has 0 atom stereocenters. The monoisotopic (exact) mass is 343 g/mol. The molecular weight excluding hydrogens is 330 g/mol. The molecule has 0 fully saturated rings. The van der Waals surface area contributed by atoms with Crippen LogP contribution in [0.3, 0.4) is 0 Å². The molecule has 0 amide bonds. The van der Waals surface area contributed by atoms with Gasteiger partial charge in [-0.15, -0.1) is 0 Å². The summed E-state index contributed by atoms with van der Waals surface area (Å²) in [6.45, 7) is 0. The maximum absolute atomic E-state index is 12.4. The Balaban J connectivity index is 1.88. The number of rotatable bonds is 5. The van der Waals surface area contributed by atoms with Crippen LogP contribution in [-0.2, 0) is 10.0 Å². The minimum Gasteiger partial charge on any atom is -0.478 e. The third-order valence-corrected chi connectivity index (χ3v) is 4.59. The SMILES string of the molecule is O=C(O)c1cccc(NS(=O)(=O)c2cnn(-c3ccccc3)c2)c1. The number of carboxylic acids is 1. The molecule has 3 aromatic rings. The molecule has 0 aliphatic rings. The number of carboxylic acid groups (broad SMARTS) is 1. The predicted octanol–water partition coefficient (Wildman–Crippen LogP) is 2.37. The molecule has 0 aliphatic heterocycles. The van der Waals surface area contributed by atoms with E-state index in [1.54, 1.807) is 12.1 Å². The van der Waals surface area contributed by atoms with Gasteiger partial charge >= 0.3 is 5.97 Å². The molecule has 2 N–H and O–H groups in total. The highest BCUT2D eigenvalue weighted by atomic mass is 32.2. The zero-order valence-corrected chi connectivity index (χ0v) is 13.1. The second kappa shape index (κ2) is 6.17. The van der Waals surface area contributed by atoms with Crippen LogP contribution in [0.1, 0.15) is 10.4 Å². The first-order valence-corrected chi connectivity index (χ1v) is 8.40. The lowest BCUT2D eigenvalue weighted by Gasteiger charge is -2.06. The highest BCUT2D eigenvalue weighted by Crippen LogP contribution is 2.18. The number of nitrogens with zero attached hydrogens (tertiary/aromatic N) is 2. The Morgan fingerprint density at radius 2 is 1.83 bits per heavy atom. The van der Waals surface area contributed by atoms with Crippen molar-refractivity contribution in [1.82, 2.24) is 9.78 Å². The Morgan fingerprint density at radius 1 is 1.08 bits per heavy atom. The van der Waals surface area contributed by atoms with Gasteiger partial charge in [0.05, 0.1) is 23.6 Å². The minimum absolute atomic E-state index is 0.00446. The summed E-state index contributed by atoms with van der Waals surface area (Å²) in [6, 6.07) is 14.7. The molecule has 8 heteroatoms. The van der Waals surface area contributed by atoms with E-state index in [1.807, 2.05) is 18.2 Å². The summed E-state index contributed by atoms with van der Waals surface area (Å²) in [5, 5.41) is 13.0. The van der Waals surface area contributed by atoms with E-state index in [0.29, 0.717) is 0 Å². The van der Waals surface area contributed by atoms with E-state index in [4.69, 9.17) is 5.11 Å². The molecule has 0 radical (unpaired) electrons. The average molecular weight is 343 g/mol. The molecule has 24 heavy (non-hydrogen) atoms. The predicted molar refractivity (Wildman–Crippen MR) is 87.8 cm³/mol. The Bertz CT molecular complexity index is 981. The van der Waals surface area contributed by atoms with Gasteiger partial charge in [-0.2, -0.15) is 5.10 Å². The van der Waals surface area contributed by atoms with Crippen LogP contribution in [0, 0.1) is 0 Å². The second-order valence-corrected chi connectivity index (χ2v) is 6.63. The lowest BCUT2D eigenvalue weighted by molar-refractivity contribution is 0.0697. The molecule has 0 saturated heterocycles. The zero-order valence-electron chi connectivity index (χ0n) is 12.3. The average Bonchev–Trinajstić information content (AvgIpc) is 3.06. The fraction of sp³-hybridized carbons (Fsp3) is 0. The van der Waals surface area contributed by atoms with Crippen LogP contribution in [0.2, 0.25) is 0 Å². The van der Waals surface area contributed by atoms with Crippen molar-refractivity contribution < 1.29 is 18.3 Å². The van der Waals surface area contributed by atoms with Gasteiger partial charge in [-0.3, -0.25) is 4.72 Å². The standard InChI is InChI=1S/C16H13N3O4S/c20-16(21)12-5-4-6-13(9-12)18-24(22,23)15-10-17-19(11-15)14-7-2-1-3-8-14/h1-11,18H,(H,20,21). The summed E-state index contributed by atoms with van der Waals surface area (Å²) in [4.78, 5) is 10.9. The minimum atomic E-state index is -3.87. The van der Waals surface area contributed by atoms with Gasteiger partial charge in [0.15, 0.2) is 0 Å². The van der Waals surface area contributed by atoms with Crippen molar-refractivity contribution in [2.45, 2.75) is 4.90 Å². The maximum Gasteiger partial charge on any atom is 0.335 e. The lowest BCUT2D eigenvalue weighted by atomic mass is 10.2. The highest BCUT2D eigenvalue weighted by Gasteiger charge is 2.17. The van der Waals surface area contributed by atoms with E-state index < -0.39 is 16.0 Å². The maximum atomic E-state index is 12.4. The summed E-state index contributed by atoms with van der Waals surface area (Å²) in [6.07, 6.45) is 2.62. The van der Waals surface area contributed by atoms with E-state index in [0.717, 1.165) is 5.69 Å². The van der Waals surface area contributed by atoms with Crippen molar-refractivity contribution in [3.05, 3.63) is 72.6 Å². The summed E-state index contributed by atoms with van der Waals surface area (Å²) in [7, 11) is -3.87. The van der Waals surface area contributed by atoms with E-state index in [2.05, 4.69) is 9.82 Å². The van der Waals surface area contributed by atoms with Gasteiger partial charge in [-0.1, -0.05) is 24.3 Å². The molecule has 122 valence electrons. The summed E-state index contributed by atoms with van der Waals surface area (Å²) >= 11 is 0. The quantitative estimate of drug-likeness (QED) is 0.740. The molecule has 0 aliphatic carbocycles. The molecule has 0 unspecified atom stereocenters. The van der Waals surface area contributed by atoms with Crippen molar-refractivity contribution in [1.29, 1.82) is 0 Å². The Kier molecular flexibility index (Phi) is 4.05. The van der Waals surface area contributed by atoms with Gasteiger partial charge in [-0.25, -0.2) is 17.9 Å². The van der Waals surface area contributed by atoms with Crippen LogP contribution >= 0.6 is 0 Å². The molecule has 7 nitrogen and oxygen atoms in total. The first-order valence-electron chi connectivity index (χ1n) is 6.92. The molecule has 1 aromatic heterocycles. The second-order valence-electron chi connectivity index (χ2n) is 4.95. The third kappa shape index (κ3) is 3.28. The third-order valence-electron chi connectivity index (χ3n) is 3.25. The highest BCUT2D eigenvalue weighted by molar-refractivity contribution is 7.92. The van der Waals surface area contributed by atoms with E-state index in [-0.39, 0.29) is 16.1 Å². The van der Waals surface area contributed by atoms with Gasteiger partial charge in [0.1, 0.15) is 4.90 Å². The Hall–Kier alpha value is -3.13. The van der Waals surface area contributed by atoms with Crippen LogP contribution < -0.4 is 4.72 Å². The van der Waals surface area contributed by atoms with E-state index in [9.17, 15) is 13.2 Å². The van der Waals surface area contributed by atoms with Gasteiger partial charge in [0.2, 0.25) is 0 Å². The van der Waals surface area contributed by atoms with Gasteiger partial charge in [-0.05, 0) is 30.3 Å². The summed E-state index contributed by atoms with van der Waals surface area (Å²) in [5.74, 6) is -1.13. The first-order chi connectivity index (χ1) is 11.5. The van der Waals surface area contributed by atoms with Gasteiger partial charge < -0.3 is 5.11 Å². The van der Waals surface area contributed by atoms with Crippen LogP contribution in [-0.4, -0.2) is 29.3 Å². The lowest BCUT2D eigenvalue weighted by Crippen LogP contribution is -2.12. The molecular formula is C16H13N3O4S. The van der Waals surface area contributed by atoms with Crippen LogP contribution in [0.4, 0.5) is 5.69 Å².